The number of carbonyl (C=O) groups is 2. The van der Waals surface area contributed by atoms with E-state index < -0.39 is 0 Å². The molecule has 0 aliphatic carbocycles. The van der Waals surface area contributed by atoms with Crippen LogP contribution in [0.15, 0.2) is 0 Å². The van der Waals surface area contributed by atoms with Gasteiger partial charge in [-0.1, -0.05) is 6.92 Å². The van der Waals surface area contributed by atoms with E-state index in [1.807, 2.05) is 6.92 Å². The third kappa shape index (κ3) is 4.88. The van der Waals surface area contributed by atoms with Crippen LogP contribution in [0.5, 0.6) is 0 Å². The summed E-state index contributed by atoms with van der Waals surface area (Å²) in [7, 11) is 1.77. The highest BCUT2D eigenvalue weighted by Crippen LogP contribution is 1.97. The lowest BCUT2D eigenvalue weighted by Crippen LogP contribution is -2.27. The lowest BCUT2D eigenvalue weighted by molar-refractivity contribution is -0.131. The van der Waals surface area contributed by atoms with E-state index >= 15 is 0 Å². The number of hydrogen-bond donors (Lipinski definition) is 0. The average Bonchev–Trinajstić information content (AvgIpc) is 2.00. The minimum Gasteiger partial charge on any atom is -0.346 e. The second-order valence-corrected chi connectivity index (χ2v) is 3.02. The summed E-state index contributed by atoms with van der Waals surface area (Å²) in [6, 6.07) is 0. The Bertz CT molecular complexity index is 166. The predicted octanol–water partition coefficient (Wildman–Crippen LogP) is 1.22. The summed E-state index contributed by atoms with van der Waals surface area (Å²) in [6.45, 7) is 4.30. The molecule has 0 aromatic rings. The van der Waals surface area contributed by atoms with E-state index in [-0.39, 0.29) is 11.7 Å². The molecule has 0 aliphatic rings. The maximum absolute atomic E-state index is 11.2. The number of Topliss-reactive ketones (excluding diaryl/α,β-unsaturated/α-hetero) is 1. The molecule has 0 saturated heterocycles. The molecule has 0 N–H and O–H groups in total. The largest absolute Gasteiger partial charge is 0.346 e. The molecule has 1 amide bonds. The fourth-order valence-electron chi connectivity index (χ4n) is 0.934. The summed E-state index contributed by atoms with van der Waals surface area (Å²) < 4.78 is 0. The number of carbonyl (C=O) groups excluding carboxylic acids is 2. The van der Waals surface area contributed by atoms with Crippen LogP contribution in [0.25, 0.3) is 0 Å². The van der Waals surface area contributed by atoms with Gasteiger partial charge < -0.3 is 9.69 Å². The van der Waals surface area contributed by atoms with Gasteiger partial charge in [-0.15, -0.1) is 0 Å². The smallest absolute Gasteiger partial charge is 0.222 e. The molecule has 12 heavy (non-hydrogen) atoms. The number of amides is 1. The Balaban J connectivity index is 3.64. The molecule has 0 heterocycles. The molecule has 0 spiro atoms. The van der Waals surface area contributed by atoms with Gasteiger partial charge in [-0.3, -0.25) is 4.79 Å². The van der Waals surface area contributed by atoms with Gasteiger partial charge in [0, 0.05) is 26.4 Å². The molecule has 0 saturated carbocycles. The highest BCUT2D eigenvalue weighted by molar-refractivity contribution is 5.83. The zero-order chi connectivity index (χ0) is 9.56. The molecule has 0 radical (unpaired) electrons. The van der Waals surface area contributed by atoms with Crippen molar-refractivity contribution >= 4 is 11.7 Å². The van der Waals surface area contributed by atoms with Crippen LogP contribution in [-0.4, -0.2) is 30.2 Å². The molecule has 0 unspecified atom stereocenters. The third-order valence-electron chi connectivity index (χ3n) is 1.68. The molecule has 3 nitrogen and oxygen atoms in total. The zero-order valence-electron chi connectivity index (χ0n) is 8.09. The number of rotatable bonds is 5. The molecule has 0 aromatic carbocycles. The van der Waals surface area contributed by atoms with Gasteiger partial charge in [-0.2, -0.15) is 0 Å². The molecule has 0 aromatic heterocycles. The van der Waals surface area contributed by atoms with Crippen molar-refractivity contribution < 1.29 is 9.59 Å². The summed E-state index contributed by atoms with van der Waals surface area (Å²) >= 11 is 0. The Hall–Kier alpha value is -0.860. The Kier molecular flexibility index (Phi) is 5.34. The van der Waals surface area contributed by atoms with Gasteiger partial charge in [0.15, 0.2) is 0 Å². The molecule has 0 bridgehead atoms. The maximum atomic E-state index is 11.2. The predicted molar refractivity (Wildman–Crippen MR) is 47.8 cm³/mol. The first kappa shape index (κ1) is 11.1. The van der Waals surface area contributed by atoms with E-state index in [0.29, 0.717) is 12.8 Å². The van der Waals surface area contributed by atoms with Crippen LogP contribution in [0.1, 0.15) is 33.1 Å². The fourth-order valence-corrected chi connectivity index (χ4v) is 0.934. The third-order valence-corrected chi connectivity index (χ3v) is 1.68. The lowest BCUT2D eigenvalue weighted by Gasteiger charge is -2.15. The maximum Gasteiger partial charge on any atom is 0.222 e. The van der Waals surface area contributed by atoms with E-state index in [4.69, 9.17) is 0 Å². The second kappa shape index (κ2) is 5.75. The van der Waals surface area contributed by atoms with Crippen LogP contribution in [-0.2, 0) is 9.59 Å². The van der Waals surface area contributed by atoms with Crippen molar-refractivity contribution in [2.75, 3.05) is 13.6 Å². The fraction of sp³-hybridized carbons (Fsp3) is 0.778. The highest BCUT2D eigenvalue weighted by atomic mass is 16.2. The summed E-state index contributed by atoms with van der Waals surface area (Å²) in [5.41, 5.74) is 0. The van der Waals surface area contributed by atoms with Gasteiger partial charge in [-0.05, 0) is 13.3 Å². The van der Waals surface area contributed by atoms with Gasteiger partial charge in [0.2, 0.25) is 5.91 Å². The lowest BCUT2D eigenvalue weighted by atomic mass is 10.2. The molecule has 70 valence electrons. The summed E-state index contributed by atoms with van der Waals surface area (Å²) in [5, 5.41) is 0. The highest BCUT2D eigenvalue weighted by Gasteiger charge is 2.07. The van der Waals surface area contributed by atoms with Crippen LogP contribution >= 0.6 is 0 Å². The van der Waals surface area contributed by atoms with Gasteiger partial charge in [0.1, 0.15) is 5.78 Å². The van der Waals surface area contributed by atoms with E-state index in [1.165, 1.54) is 6.92 Å². The van der Waals surface area contributed by atoms with Gasteiger partial charge in [0.05, 0.1) is 0 Å². The van der Waals surface area contributed by atoms with Crippen molar-refractivity contribution in [1.29, 1.82) is 0 Å². The number of hydrogen-bond acceptors (Lipinski definition) is 2. The minimum absolute atomic E-state index is 0.0621. The Morgan fingerprint density at radius 3 is 2.25 bits per heavy atom. The van der Waals surface area contributed by atoms with Crippen molar-refractivity contribution in [2.24, 2.45) is 0 Å². The molecule has 0 fully saturated rings. The van der Waals surface area contributed by atoms with Crippen LogP contribution in [0.2, 0.25) is 0 Å². The minimum atomic E-state index is 0.0621. The quantitative estimate of drug-likeness (QED) is 0.623. The molecule has 0 rings (SSSR count). The number of nitrogens with zero attached hydrogens (tertiary/aromatic N) is 1. The van der Waals surface area contributed by atoms with Crippen molar-refractivity contribution in [3.8, 4) is 0 Å². The van der Waals surface area contributed by atoms with E-state index in [2.05, 4.69) is 0 Å². The zero-order valence-corrected chi connectivity index (χ0v) is 8.09. The van der Waals surface area contributed by atoms with Crippen molar-refractivity contribution in [2.45, 2.75) is 33.1 Å². The molecule has 0 aliphatic heterocycles. The van der Waals surface area contributed by atoms with Gasteiger partial charge in [0.25, 0.3) is 0 Å². The van der Waals surface area contributed by atoms with Crippen LogP contribution in [0, 0.1) is 0 Å². The van der Waals surface area contributed by atoms with Crippen molar-refractivity contribution in [3.63, 3.8) is 0 Å². The summed E-state index contributed by atoms with van der Waals surface area (Å²) in [4.78, 5) is 23.4. The first-order valence-electron chi connectivity index (χ1n) is 4.31. The van der Waals surface area contributed by atoms with Crippen LogP contribution < -0.4 is 0 Å². The monoisotopic (exact) mass is 171 g/mol. The van der Waals surface area contributed by atoms with E-state index in [0.717, 1.165) is 13.0 Å². The van der Waals surface area contributed by atoms with Gasteiger partial charge >= 0.3 is 0 Å². The first-order valence-corrected chi connectivity index (χ1v) is 4.31. The van der Waals surface area contributed by atoms with Crippen molar-refractivity contribution in [3.05, 3.63) is 0 Å². The summed E-state index contributed by atoms with van der Waals surface area (Å²) in [6.07, 6.45) is 1.68. The Morgan fingerprint density at radius 1 is 1.25 bits per heavy atom. The average molecular weight is 171 g/mol. The first-order chi connectivity index (χ1) is 5.57. The second-order valence-electron chi connectivity index (χ2n) is 3.02. The summed E-state index contributed by atoms with van der Waals surface area (Å²) in [5.74, 6) is 0.139. The Labute approximate surface area is 73.7 Å². The molecular weight excluding hydrogens is 154 g/mol. The van der Waals surface area contributed by atoms with Crippen LogP contribution in [0.3, 0.4) is 0 Å². The normalized spacial score (nSPS) is 9.58. The number of ketones is 1. The van der Waals surface area contributed by atoms with Crippen molar-refractivity contribution in [1.82, 2.24) is 4.90 Å². The van der Waals surface area contributed by atoms with E-state index in [9.17, 15) is 9.59 Å². The Morgan fingerprint density at radius 2 is 1.83 bits per heavy atom. The van der Waals surface area contributed by atoms with E-state index in [1.54, 1.807) is 11.9 Å². The molecule has 3 heteroatoms. The van der Waals surface area contributed by atoms with Gasteiger partial charge in [-0.25, -0.2) is 0 Å². The van der Waals surface area contributed by atoms with Crippen LogP contribution in [0.4, 0.5) is 0 Å². The molecular formula is C9H17NO2. The SMILES string of the molecule is CCCN(C)C(=O)CCC(C)=O. The standard InChI is InChI=1S/C9H17NO2/c1-4-7-10(3)9(12)6-5-8(2)11/h4-7H2,1-3H3. The molecule has 0 atom stereocenters. The topological polar surface area (TPSA) is 37.4 Å².